The van der Waals surface area contributed by atoms with E-state index in [1.54, 1.807) is 24.5 Å². The van der Waals surface area contributed by atoms with E-state index >= 15 is 0 Å². The molecule has 0 saturated heterocycles. The third-order valence-electron chi connectivity index (χ3n) is 4.22. The third-order valence-corrected chi connectivity index (χ3v) is 5.17. The summed E-state index contributed by atoms with van der Waals surface area (Å²) in [7, 11) is 0. The summed E-state index contributed by atoms with van der Waals surface area (Å²) < 4.78 is 7.05. The average molecular weight is 385 g/mol. The summed E-state index contributed by atoms with van der Waals surface area (Å²) in [6.07, 6.45) is -0.216. The van der Waals surface area contributed by atoms with E-state index in [0.29, 0.717) is 11.6 Å². The first kappa shape index (κ1) is 19.2. The largest absolute Gasteiger partial charge is 0.458 e. The number of amides is 1. The predicted molar refractivity (Wildman–Crippen MR) is 110 cm³/mol. The van der Waals surface area contributed by atoms with Crippen LogP contribution >= 0.6 is 11.3 Å². The Balaban J connectivity index is 1.79. The van der Waals surface area contributed by atoms with E-state index in [9.17, 15) is 9.59 Å². The number of esters is 1. The maximum atomic E-state index is 12.6. The first-order valence-corrected chi connectivity index (χ1v) is 9.90. The summed E-state index contributed by atoms with van der Waals surface area (Å²) in [5.41, 5.74) is 2.36. The molecule has 27 heavy (non-hydrogen) atoms. The molecule has 2 heterocycles. The maximum absolute atomic E-state index is 12.6. The molecule has 0 saturated carbocycles. The van der Waals surface area contributed by atoms with E-state index in [1.165, 1.54) is 16.9 Å². The van der Waals surface area contributed by atoms with Crippen molar-refractivity contribution in [3.05, 3.63) is 53.0 Å². The fourth-order valence-electron chi connectivity index (χ4n) is 2.87. The normalized spacial score (nSPS) is 11.3. The van der Waals surface area contributed by atoms with E-state index in [1.807, 2.05) is 35.7 Å². The van der Waals surface area contributed by atoms with E-state index in [0.717, 1.165) is 15.9 Å². The Bertz CT molecular complexity index is 952. The monoisotopic (exact) mass is 384 g/mol. The molecule has 1 N–H and O–H groups in total. The van der Waals surface area contributed by atoms with Crippen molar-refractivity contribution in [3.8, 4) is 0 Å². The van der Waals surface area contributed by atoms with Crippen LogP contribution in [0.15, 0.2) is 41.8 Å². The zero-order valence-corrected chi connectivity index (χ0v) is 16.8. The molecule has 142 valence electrons. The number of carbonyl (C=O) groups is 2. The molecule has 0 spiro atoms. The van der Waals surface area contributed by atoms with Crippen molar-refractivity contribution in [2.45, 2.75) is 46.3 Å². The van der Waals surface area contributed by atoms with Crippen molar-refractivity contribution < 1.29 is 14.3 Å². The second-order valence-corrected chi connectivity index (χ2v) is 7.97. The van der Waals surface area contributed by atoms with Gasteiger partial charge in [0.1, 0.15) is 17.1 Å². The van der Waals surface area contributed by atoms with Crippen molar-refractivity contribution in [2.24, 2.45) is 0 Å². The predicted octanol–water partition coefficient (Wildman–Crippen LogP) is 5.03. The number of ether oxygens (including phenoxy) is 1. The lowest BCUT2D eigenvalue weighted by molar-refractivity contribution is -0.116. The highest BCUT2D eigenvalue weighted by atomic mass is 32.1. The molecule has 0 aliphatic heterocycles. The molecule has 0 radical (unpaired) electrons. The highest BCUT2D eigenvalue weighted by Crippen LogP contribution is 2.26. The molecule has 0 fully saturated rings. The van der Waals surface area contributed by atoms with E-state index in [4.69, 9.17) is 4.74 Å². The molecule has 0 aliphatic rings. The number of aromatic nitrogens is 1. The van der Waals surface area contributed by atoms with Gasteiger partial charge in [0.25, 0.3) is 0 Å². The van der Waals surface area contributed by atoms with Crippen molar-refractivity contribution in [2.75, 3.05) is 5.32 Å². The van der Waals surface area contributed by atoms with Crippen LogP contribution in [0.3, 0.4) is 0 Å². The van der Waals surface area contributed by atoms with Crippen molar-refractivity contribution in [3.63, 3.8) is 0 Å². The van der Waals surface area contributed by atoms with Crippen molar-refractivity contribution >= 4 is 39.1 Å². The van der Waals surface area contributed by atoms with Gasteiger partial charge in [0.15, 0.2) is 0 Å². The fourth-order valence-corrected chi connectivity index (χ4v) is 3.77. The zero-order valence-electron chi connectivity index (χ0n) is 16.0. The van der Waals surface area contributed by atoms with Gasteiger partial charge >= 0.3 is 5.97 Å². The minimum Gasteiger partial charge on any atom is -0.458 e. The number of nitrogens with zero attached hydrogens (tertiary/aromatic N) is 1. The summed E-state index contributed by atoms with van der Waals surface area (Å²) in [6.45, 7) is 7.92. The number of thiophene rings is 1. The van der Waals surface area contributed by atoms with Gasteiger partial charge in [-0.15, -0.1) is 11.3 Å². The van der Waals surface area contributed by atoms with E-state index < -0.39 is 5.97 Å². The average Bonchev–Trinajstić information content (AvgIpc) is 3.17. The Labute approximate surface area is 163 Å². The lowest BCUT2D eigenvalue weighted by atomic mass is 10.0. The van der Waals surface area contributed by atoms with Crippen molar-refractivity contribution in [1.29, 1.82) is 0 Å². The molecule has 0 bridgehead atoms. The third kappa shape index (κ3) is 4.39. The number of carbonyl (C=O) groups excluding carboxylic acids is 2. The van der Waals surface area contributed by atoms with Crippen LogP contribution in [0.5, 0.6) is 0 Å². The number of hydrogen-bond donors (Lipinski definition) is 1. The molecule has 3 aromatic rings. The van der Waals surface area contributed by atoms with Crippen LogP contribution in [0.25, 0.3) is 10.2 Å². The summed E-state index contributed by atoms with van der Waals surface area (Å²) in [5.74, 6) is -0.157. The van der Waals surface area contributed by atoms with Gasteiger partial charge in [-0.05, 0) is 55.0 Å². The minimum absolute atomic E-state index is 0.0540. The number of anilines is 1. The summed E-state index contributed by atoms with van der Waals surface area (Å²) in [4.78, 5) is 25.9. The minimum atomic E-state index is -0.414. The van der Waals surface area contributed by atoms with Gasteiger partial charge in [-0.25, -0.2) is 4.79 Å². The van der Waals surface area contributed by atoms with Gasteiger partial charge in [-0.3, -0.25) is 4.79 Å². The van der Waals surface area contributed by atoms with Gasteiger partial charge in [-0.1, -0.05) is 26.0 Å². The highest BCUT2D eigenvalue weighted by Gasteiger charge is 2.20. The van der Waals surface area contributed by atoms with Crippen molar-refractivity contribution in [1.82, 2.24) is 4.57 Å². The molecule has 2 aromatic heterocycles. The number of rotatable bonds is 6. The lowest BCUT2D eigenvalue weighted by Gasteiger charge is -2.12. The van der Waals surface area contributed by atoms with E-state index in [-0.39, 0.29) is 18.6 Å². The standard InChI is InChI=1S/C21H24N2O3S/c1-13(2)15-5-7-17(8-6-15)22-19(24)12-23-18(21(25)26-14(3)4)11-16-9-10-27-20(16)23/h5-11,13-14H,12H2,1-4H3,(H,22,24). The number of benzene rings is 1. The van der Waals surface area contributed by atoms with Gasteiger partial charge in [-0.2, -0.15) is 0 Å². The van der Waals surface area contributed by atoms with Gasteiger partial charge < -0.3 is 14.6 Å². The summed E-state index contributed by atoms with van der Waals surface area (Å²) in [6, 6.07) is 11.5. The Kier molecular flexibility index (Phi) is 5.65. The Hall–Kier alpha value is -2.60. The van der Waals surface area contributed by atoms with Gasteiger partial charge in [0, 0.05) is 11.1 Å². The smallest absolute Gasteiger partial charge is 0.355 e. The Morgan fingerprint density at radius 1 is 1.11 bits per heavy atom. The second kappa shape index (κ2) is 7.96. The van der Waals surface area contributed by atoms with Crippen LogP contribution in [-0.4, -0.2) is 22.5 Å². The molecule has 0 aliphatic carbocycles. The van der Waals surface area contributed by atoms with E-state index in [2.05, 4.69) is 19.2 Å². The lowest BCUT2D eigenvalue weighted by Crippen LogP contribution is -2.22. The van der Waals surface area contributed by atoms with Crippen LogP contribution < -0.4 is 5.32 Å². The van der Waals surface area contributed by atoms with Crippen LogP contribution in [0.2, 0.25) is 0 Å². The SMILES string of the molecule is CC(C)OC(=O)c1cc2ccsc2n1CC(=O)Nc1ccc(C(C)C)cc1. The van der Waals surface area contributed by atoms with Crippen LogP contribution in [-0.2, 0) is 16.1 Å². The van der Waals surface area contributed by atoms with Gasteiger partial charge in [0.2, 0.25) is 5.91 Å². The quantitative estimate of drug-likeness (QED) is 0.606. The molecule has 0 atom stereocenters. The first-order chi connectivity index (χ1) is 12.8. The molecule has 6 heteroatoms. The highest BCUT2D eigenvalue weighted by molar-refractivity contribution is 7.16. The molecule has 1 amide bonds. The topological polar surface area (TPSA) is 60.3 Å². The zero-order chi connectivity index (χ0) is 19.6. The molecular weight excluding hydrogens is 360 g/mol. The summed E-state index contributed by atoms with van der Waals surface area (Å²) >= 11 is 1.50. The van der Waals surface area contributed by atoms with Crippen LogP contribution in [0, 0.1) is 0 Å². The van der Waals surface area contributed by atoms with Gasteiger partial charge in [0.05, 0.1) is 6.10 Å². The van der Waals surface area contributed by atoms with Crippen LogP contribution in [0.4, 0.5) is 5.69 Å². The number of nitrogens with one attached hydrogen (secondary N) is 1. The molecule has 1 aromatic carbocycles. The second-order valence-electron chi connectivity index (χ2n) is 7.08. The fraction of sp³-hybridized carbons (Fsp3) is 0.333. The number of hydrogen-bond acceptors (Lipinski definition) is 4. The number of fused-ring (bicyclic) bond motifs is 1. The van der Waals surface area contributed by atoms with Crippen LogP contribution in [0.1, 0.15) is 49.7 Å². The first-order valence-electron chi connectivity index (χ1n) is 9.02. The molecule has 5 nitrogen and oxygen atoms in total. The Morgan fingerprint density at radius 3 is 2.44 bits per heavy atom. The summed E-state index contributed by atoms with van der Waals surface area (Å²) in [5, 5.41) is 5.78. The molecule has 0 unspecified atom stereocenters. The molecular formula is C21H24N2O3S. The molecule has 3 rings (SSSR count). The maximum Gasteiger partial charge on any atom is 0.355 e. The Morgan fingerprint density at radius 2 is 1.81 bits per heavy atom.